The number of methoxy groups -OCH3 is 1. The van der Waals surface area contributed by atoms with E-state index >= 15 is 0 Å². The van der Waals surface area contributed by atoms with E-state index in [1.54, 1.807) is 13.3 Å². The van der Waals surface area contributed by atoms with Crippen molar-refractivity contribution in [1.82, 2.24) is 14.5 Å². The van der Waals surface area contributed by atoms with Crippen LogP contribution in [0.15, 0.2) is 42.6 Å². The molecule has 0 N–H and O–H groups in total. The summed E-state index contributed by atoms with van der Waals surface area (Å²) in [4.78, 5) is 9.26. The van der Waals surface area contributed by atoms with Crippen LogP contribution in [0.25, 0.3) is 16.9 Å². The van der Waals surface area contributed by atoms with Gasteiger partial charge in [-0.15, -0.1) is 0 Å². The Hall–Kier alpha value is -2.40. The number of pyridine rings is 1. The zero-order valence-electron chi connectivity index (χ0n) is 12.4. The van der Waals surface area contributed by atoms with Crippen molar-refractivity contribution in [1.29, 1.82) is 0 Å². The van der Waals surface area contributed by atoms with Crippen molar-refractivity contribution in [2.24, 2.45) is 0 Å². The number of aromatic nitrogens is 3. The summed E-state index contributed by atoms with van der Waals surface area (Å²) in [5.41, 5.74) is 2.77. The highest BCUT2D eigenvalue weighted by Crippen LogP contribution is 2.32. The molecule has 0 amide bonds. The van der Waals surface area contributed by atoms with E-state index in [2.05, 4.69) is 9.55 Å². The second-order valence-corrected chi connectivity index (χ2v) is 5.35. The fourth-order valence-electron chi connectivity index (χ4n) is 2.91. The van der Waals surface area contributed by atoms with Crippen molar-refractivity contribution in [3.63, 3.8) is 0 Å². The Kier molecular flexibility index (Phi) is 3.27. The number of hydrogen-bond acceptors (Lipinski definition) is 4. The Labute approximate surface area is 128 Å². The maximum Gasteiger partial charge on any atom is 0.164 e. The predicted octanol–water partition coefficient (Wildman–Crippen LogP) is 3.28. The van der Waals surface area contributed by atoms with Gasteiger partial charge < -0.3 is 9.47 Å². The van der Waals surface area contributed by atoms with Gasteiger partial charge in [0.2, 0.25) is 0 Å². The summed E-state index contributed by atoms with van der Waals surface area (Å²) in [5, 5.41) is 0. The Balaban J connectivity index is 1.90. The zero-order chi connectivity index (χ0) is 14.9. The van der Waals surface area contributed by atoms with E-state index in [0.29, 0.717) is 0 Å². The molecule has 0 bridgehead atoms. The molecule has 3 aromatic rings. The SMILES string of the molecule is COc1ccc(-n2c(C3CCCO3)nc3cccnc32)cc1. The lowest BCUT2D eigenvalue weighted by molar-refractivity contribution is 0.104. The Morgan fingerprint density at radius 2 is 2.09 bits per heavy atom. The van der Waals surface area contributed by atoms with Crippen LogP contribution >= 0.6 is 0 Å². The number of nitrogens with zero attached hydrogens (tertiary/aromatic N) is 3. The number of hydrogen-bond donors (Lipinski definition) is 0. The Bertz CT molecular complexity index is 789. The van der Waals surface area contributed by atoms with E-state index in [4.69, 9.17) is 14.5 Å². The van der Waals surface area contributed by atoms with Crippen LogP contribution in [0, 0.1) is 0 Å². The summed E-state index contributed by atoms with van der Waals surface area (Å²) in [6, 6.07) is 11.8. The molecule has 2 aromatic heterocycles. The minimum Gasteiger partial charge on any atom is -0.497 e. The molecule has 1 aliphatic rings. The fraction of sp³-hybridized carbons (Fsp3) is 0.294. The van der Waals surface area contributed by atoms with Crippen molar-refractivity contribution < 1.29 is 9.47 Å². The fourth-order valence-corrected chi connectivity index (χ4v) is 2.91. The summed E-state index contributed by atoms with van der Waals surface area (Å²) < 4.78 is 13.2. The third-order valence-electron chi connectivity index (χ3n) is 3.99. The zero-order valence-corrected chi connectivity index (χ0v) is 12.4. The number of imidazole rings is 1. The molecule has 0 spiro atoms. The highest BCUT2D eigenvalue weighted by Gasteiger charge is 2.25. The van der Waals surface area contributed by atoms with E-state index in [9.17, 15) is 0 Å². The van der Waals surface area contributed by atoms with Crippen LogP contribution in [-0.4, -0.2) is 28.3 Å². The number of fused-ring (bicyclic) bond motifs is 1. The van der Waals surface area contributed by atoms with Crippen molar-refractivity contribution >= 4 is 11.2 Å². The maximum absolute atomic E-state index is 5.84. The van der Waals surface area contributed by atoms with E-state index in [1.807, 2.05) is 36.4 Å². The minimum atomic E-state index is 0.0382. The quantitative estimate of drug-likeness (QED) is 0.744. The van der Waals surface area contributed by atoms with E-state index in [0.717, 1.165) is 47.9 Å². The summed E-state index contributed by atoms with van der Waals surface area (Å²) in [7, 11) is 1.67. The van der Waals surface area contributed by atoms with Crippen LogP contribution in [0.2, 0.25) is 0 Å². The summed E-state index contributed by atoms with van der Waals surface area (Å²) in [5.74, 6) is 1.76. The molecule has 0 aliphatic carbocycles. The first kappa shape index (κ1) is 13.3. The first-order chi connectivity index (χ1) is 10.9. The molecular formula is C17H17N3O2. The molecule has 4 rings (SSSR count). The monoisotopic (exact) mass is 295 g/mol. The number of ether oxygens (including phenoxy) is 2. The second-order valence-electron chi connectivity index (χ2n) is 5.35. The molecule has 3 heterocycles. The molecule has 112 valence electrons. The number of benzene rings is 1. The Morgan fingerprint density at radius 1 is 1.23 bits per heavy atom. The second kappa shape index (κ2) is 5.42. The van der Waals surface area contributed by atoms with Crippen molar-refractivity contribution in [3.8, 4) is 11.4 Å². The standard InChI is InChI=1S/C17H17N3O2/c1-21-13-8-6-12(7-9-13)20-16-14(4-2-10-18-16)19-17(20)15-5-3-11-22-15/h2,4,6-10,15H,3,5,11H2,1H3. The maximum atomic E-state index is 5.84. The molecule has 0 radical (unpaired) electrons. The van der Waals surface area contributed by atoms with E-state index in [1.165, 1.54) is 0 Å². The summed E-state index contributed by atoms with van der Waals surface area (Å²) in [6.45, 7) is 0.796. The lowest BCUT2D eigenvalue weighted by Crippen LogP contribution is -2.07. The predicted molar refractivity (Wildman–Crippen MR) is 83.3 cm³/mol. The molecule has 1 fully saturated rings. The topological polar surface area (TPSA) is 49.2 Å². The van der Waals surface area contributed by atoms with Gasteiger partial charge in [-0.25, -0.2) is 9.97 Å². The third-order valence-corrected chi connectivity index (χ3v) is 3.99. The average Bonchev–Trinajstić information content (AvgIpc) is 3.22. The van der Waals surface area contributed by atoms with Gasteiger partial charge in [0.25, 0.3) is 0 Å². The van der Waals surface area contributed by atoms with Gasteiger partial charge in [0.15, 0.2) is 5.65 Å². The van der Waals surface area contributed by atoms with Gasteiger partial charge in [-0.05, 0) is 49.2 Å². The van der Waals surface area contributed by atoms with Crippen LogP contribution in [0.5, 0.6) is 5.75 Å². The van der Waals surface area contributed by atoms with Gasteiger partial charge in [0.05, 0.1) is 7.11 Å². The van der Waals surface area contributed by atoms with Gasteiger partial charge in [-0.1, -0.05) is 0 Å². The van der Waals surface area contributed by atoms with Gasteiger partial charge in [0, 0.05) is 18.5 Å². The van der Waals surface area contributed by atoms with Gasteiger partial charge in [0.1, 0.15) is 23.2 Å². The van der Waals surface area contributed by atoms with Gasteiger partial charge >= 0.3 is 0 Å². The van der Waals surface area contributed by atoms with Crippen molar-refractivity contribution in [2.45, 2.75) is 18.9 Å². The van der Waals surface area contributed by atoms with Gasteiger partial charge in [-0.3, -0.25) is 4.57 Å². The molecule has 1 aliphatic heterocycles. The van der Waals surface area contributed by atoms with E-state index in [-0.39, 0.29) is 6.10 Å². The molecule has 5 nitrogen and oxygen atoms in total. The largest absolute Gasteiger partial charge is 0.497 e. The molecule has 1 saturated heterocycles. The normalized spacial score (nSPS) is 18.0. The van der Waals surface area contributed by atoms with Crippen LogP contribution in [0.1, 0.15) is 24.8 Å². The lowest BCUT2D eigenvalue weighted by atomic mass is 10.2. The van der Waals surface area contributed by atoms with Crippen molar-refractivity contribution in [3.05, 3.63) is 48.4 Å². The molecule has 5 heteroatoms. The highest BCUT2D eigenvalue weighted by molar-refractivity contribution is 5.74. The molecule has 22 heavy (non-hydrogen) atoms. The molecule has 1 atom stereocenters. The molecular weight excluding hydrogens is 278 g/mol. The van der Waals surface area contributed by atoms with E-state index < -0.39 is 0 Å². The first-order valence-electron chi connectivity index (χ1n) is 7.46. The molecule has 1 aromatic carbocycles. The summed E-state index contributed by atoms with van der Waals surface area (Å²) >= 11 is 0. The van der Waals surface area contributed by atoms with Crippen LogP contribution < -0.4 is 4.74 Å². The molecule has 0 saturated carbocycles. The highest BCUT2D eigenvalue weighted by atomic mass is 16.5. The first-order valence-corrected chi connectivity index (χ1v) is 7.46. The third kappa shape index (κ3) is 2.14. The molecule has 1 unspecified atom stereocenters. The smallest absolute Gasteiger partial charge is 0.164 e. The lowest BCUT2D eigenvalue weighted by Gasteiger charge is -2.13. The van der Waals surface area contributed by atoms with Crippen LogP contribution in [-0.2, 0) is 4.74 Å². The minimum absolute atomic E-state index is 0.0382. The average molecular weight is 295 g/mol. The summed E-state index contributed by atoms with van der Waals surface area (Å²) in [6.07, 6.45) is 3.91. The van der Waals surface area contributed by atoms with Crippen LogP contribution in [0.4, 0.5) is 0 Å². The Morgan fingerprint density at radius 3 is 2.82 bits per heavy atom. The van der Waals surface area contributed by atoms with Gasteiger partial charge in [-0.2, -0.15) is 0 Å². The van der Waals surface area contributed by atoms with Crippen LogP contribution in [0.3, 0.4) is 0 Å². The number of rotatable bonds is 3. The van der Waals surface area contributed by atoms with Crippen molar-refractivity contribution in [2.75, 3.05) is 13.7 Å².